The number of aryl methyl sites for hydroxylation is 1. The highest BCUT2D eigenvalue weighted by Gasteiger charge is 2.28. The van der Waals surface area contributed by atoms with Gasteiger partial charge in [-0.05, 0) is 25.0 Å². The van der Waals surface area contributed by atoms with Crippen molar-refractivity contribution in [2.75, 3.05) is 26.6 Å². The number of ether oxygens (including phenoxy) is 3. The van der Waals surface area contributed by atoms with Gasteiger partial charge in [0.05, 0.1) is 26.6 Å². The summed E-state index contributed by atoms with van der Waals surface area (Å²) in [5.74, 6) is 1.49. The van der Waals surface area contributed by atoms with E-state index in [1.54, 1.807) is 45.2 Å². The maximum atomic E-state index is 12.7. The lowest BCUT2D eigenvalue weighted by molar-refractivity contribution is -0.115. The first kappa shape index (κ1) is 17.5. The number of nitrogens with one attached hydrogen (secondary N) is 1. The number of carbonyl (C=O) groups is 1. The third-order valence-corrected chi connectivity index (χ3v) is 5.42. The first-order valence-corrected chi connectivity index (χ1v) is 8.80. The van der Waals surface area contributed by atoms with Gasteiger partial charge in [0, 0.05) is 22.7 Å². The van der Waals surface area contributed by atoms with Crippen LogP contribution in [0, 0.1) is 6.92 Å². The molecule has 1 heterocycles. The number of hydrogen-bond donors (Lipinski definition) is 1. The van der Waals surface area contributed by atoms with Gasteiger partial charge in [0.15, 0.2) is 11.5 Å². The molecule has 1 N–H and O–H groups in total. The van der Waals surface area contributed by atoms with Crippen LogP contribution in [0.2, 0.25) is 0 Å². The smallest absolute Gasteiger partial charge is 0.238 e. The van der Waals surface area contributed by atoms with Crippen molar-refractivity contribution >= 4 is 23.4 Å². The second kappa shape index (κ2) is 7.27. The third kappa shape index (κ3) is 3.54. The maximum Gasteiger partial charge on any atom is 0.238 e. The Balaban J connectivity index is 1.78. The van der Waals surface area contributed by atoms with Crippen LogP contribution in [0.3, 0.4) is 0 Å². The molecule has 1 aliphatic heterocycles. The maximum absolute atomic E-state index is 12.7. The minimum Gasteiger partial charge on any atom is -0.493 e. The highest BCUT2D eigenvalue weighted by molar-refractivity contribution is 8.01. The largest absolute Gasteiger partial charge is 0.493 e. The monoisotopic (exact) mass is 359 g/mol. The van der Waals surface area contributed by atoms with Gasteiger partial charge in [-0.3, -0.25) is 4.79 Å². The lowest BCUT2D eigenvalue weighted by atomic mass is 10.1. The summed E-state index contributed by atoms with van der Waals surface area (Å²) in [6, 6.07) is 9.78. The molecule has 1 atom stereocenters. The van der Waals surface area contributed by atoms with E-state index in [4.69, 9.17) is 14.2 Å². The van der Waals surface area contributed by atoms with E-state index >= 15 is 0 Å². The standard InChI is InChI=1S/C19H21NO4S/c1-11-5-6-12-8-17(25-16(12)7-11)19(21)20-13-9-14(22-2)18(24-4)15(10-13)23-3/h5-7,9-10,17H,8H2,1-4H3,(H,20,21). The molecule has 3 rings (SSSR count). The number of methoxy groups -OCH3 is 3. The molecule has 5 nitrogen and oxygen atoms in total. The fourth-order valence-electron chi connectivity index (χ4n) is 2.86. The highest BCUT2D eigenvalue weighted by Crippen LogP contribution is 2.41. The predicted molar refractivity (Wildman–Crippen MR) is 99.3 cm³/mol. The quantitative estimate of drug-likeness (QED) is 0.883. The molecule has 6 heteroatoms. The zero-order valence-electron chi connectivity index (χ0n) is 14.7. The Morgan fingerprint density at radius 1 is 1.08 bits per heavy atom. The molecule has 25 heavy (non-hydrogen) atoms. The second-order valence-electron chi connectivity index (χ2n) is 5.83. The summed E-state index contributed by atoms with van der Waals surface area (Å²) in [4.78, 5) is 13.9. The molecular formula is C19H21NO4S. The van der Waals surface area contributed by atoms with Crippen LogP contribution in [0.25, 0.3) is 0 Å². The SMILES string of the molecule is COc1cc(NC(=O)C2Cc3ccc(C)cc3S2)cc(OC)c1OC. The van der Waals surface area contributed by atoms with Crippen molar-refractivity contribution in [2.45, 2.75) is 23.5 Å². The van der Waals surface area contributed by atoms with E-state index in [0.717, 1.165) is 6.42 Å². The fraction of sp³-hybridized carbons (Fsp3) is 0.316. The summed E-state index contributed by atoms with van der Waals surface area (Å²) >= 11 is 1.61. The van der Waals surface area contributed by atoms with Crippen molar-refractivity contribution in [2.24, 2.45) is 0 Å². The van der Waals surface area contributed by atoms with Crippen LogP contribution in [0.15, 0.2) is 35.2 Å². The Bertz CT molecular complexity index is 781. The molecule has 2 aromatic carbocycles. The Hall–Kier alpha value is -2.34. The normalized spacial score (nSPS) is 15.4. The second-order valence-corrected chi connectivity index (χ2v) is 7.07. The van der Waals surface area contributed by atoms with Gasteiger partial charge < -0.3 is 19.5 Å². The van der Waals surface area contributed by atoms with Crippen LogP contribution in [0.4, 0.5) is 5.69 Å². The topological polar surface area (TPSA) is 56.8 Å². The van der Waals surface area contributed by atoms with Crippen LogP contribution >= 0.6 is 11.8 Å². The molecule has 0 bridgehead atoms. The summed E-state index contributed by atoms with van der Waals surface area (Å²) < 4.78 is 16.0. The highest BCUT2D eigenvalue weighted by atomic mass is 32.2. The van der Waals surface area contributed by atoms with Crippen molar-refractivity contribution < 1.29 is 19.0 Å². The molecule has 0 aliphatic carbocycles. The van der Waals surface area contributed by atoms with Crippen molar-refractivity contribution in [1.82, 2.24) is 0 Å². The molecule has 2 aromatic rings. The minimum absolute atomic E-state index is 0.0341. The van der Waals surface area contributed by atoms with Gasteiger partial charge in [0.2, 0.25) is 11.7 Å². The Labute approximate surface area is 151 Å². The number of fused-ring (bicyclic) bond motifs is 1. The van der Waals surface area contributed by atoms with Gasteiger partial charge in [0.25, 0.3) is 0 Å². The number of benzene rings is 2. The van der Waals surface area contributed by atoms with Gasteiger partial charge >= 0.3 is 0 Å². The van der Waals surface area contributed by atoms with Crippen LogP contribution in [0.1, 0.15) is 11.1 Å². The number of anilines is 1. The molecule has 0 aromatic heterocycles. The van der Waals surface area contributed by atoms with E-state index in [0.29, 0.717) is 22.9 Å². The van der Waals surface area contributed by atoms with Crippen LogP contribution in [0.5, 0.6) is 17.2 Å². The van der Waals surface area contributed by atoms with E-state index in [2.05, 4.69) is 30.4 Å². The molecule has 0 spiro atoms. The van der Waals surface area contributed by atoms with Crippen molar-refractivity contribution in [3.63, 3.8) is 0 Å². The lowest BCUT2D eigenvalue weighted by Gasteiger charge is -2.15. The van der Waals surface area contributed by atoms with E-state index in [1.165, 1.54) is 16.0 Å². The van der Waals surface area contributed by atoms with Gasteiger partial charge in [-0.25, -0.2) is 0 Å². The van der Waals surface area contributed by atoms with E-state index in [-0.39, 0.29) is 11.2 Å². The first-order valence-electron chi connectivity index (χ1n) is 7.92. The summed E-state index contributed by atoms with van der Waals surface area (Å²) in [6.07, 6.45) is 0.733. The summed E-state index contributed by atoms with van der Waals surface area (Å²) in [5, 5.41) is 2.82. The van der Waals surface area contributed by atoms with Crippen LogP contribution in [-0.2, 0) is 11.2 Å². The molecule has 0 saturated heterocycles. The third-order valence-electron chi connectivity index (χ3n) is 4.12. The van der Waals surface area contributed by atoms with Crippen LogP contribution < -0.4 is 19.5 Å². The zero-order chi connectivity index (χ0) is 18.0. The van der Waals surface area contributed by atoms with E-state index < -0.39 is 0 Å². The number of amides is 1. The molecule has 0 saturated carbocycles. The van der Waals surface area contributed by atoms with Gasteiger partial charge in [-0.15, -0.1) is 11.8 Å². The van der Waals surface area contributed by atoms with Gasteiger partial charge in [0.1, 0.15) is 0 Å². The number of thioether (sulfide) groups is 1. The molecule has 132 valence electrons. The molecule has 0 radical (unpaired) electrons. The Morgan fingerprint density at radius 2 is 1.76 bits per heavy atom. The number of carbonyl (C=O) groups excluding carboxylic acids is 1. The van der Waals surface area contributed by atoms with E-state index in [1.807, 2.05) is 0 Å². The molecule has 1 aliphatic rings. The average Bonchev–Trinajstić information content (AvgIpc) is 3.04. The Kier molecular flexibility index (Phi) is 5.08. The molecule has 1 unspecified atom stereocenters. The van der Waals surface area contributed by atoms with Crippen molar-refractivity contribution in [1.29, 1.82) is 0 Å². The van der Waals surface area contributed by atoms with Crippen LogP contribution in [-0.4, -0.2) is 32.5 Å². The van der Waals surface area contributed by atoms with Crippen molar-refractivity contribution in [3.05, 3.63) is 41.5 Å². The summed E-state index contributed by atoms with van der Waals surface area (Å²) in [6.45, 7) is 2.06. The lowest BCUT2D eigenvalue weighted by Crippen LogP contribution is -2.24. The van der Waals surface area contributed by atoms with Gasteiger partial charge in [-0.2, -0.15) is 0 Å². The minimum atomic E-state index is -0.143. The fourth-order valence-corrected chi connectivity index (χ4v) is 4.15. The Morgan fingerprint density at radius 3 is 2.36 bits per heavy atom. The number of hydrogen-bond acceptors (Lipinski definition) is 5. The van der Waals surface area contributed by atoms with Gasteiger partial charge in [-0.1, -0.05) is 17.7 Å². The molecule has 0 fully saturated rings. The van der Waals surface area contributed by atoms with E-state index in [9.17, 15) is 4.79 Å². The average molecular weight is 359 g/mol. The summed E-state index contributed by atoms with van der Waals surface area (Å²) in [5.41, 5.74) is 3.05. The summed E-state index contributed by atoms with van der Waals surface area (Å²) in [7, 11) is 4.65. The zero-order valence-corrected chi connectivity index (χ0v) is 15.5. The molecular weight excluding hydrogens is 338 g/mol. The first-order chi connectivity index (χ1) is 12.0. The predicted octanol–water partition coefficient (Wildman–Crippen LogP) is 3.68. The van der Waals surface area contributed by atoms with Crippen molar-refractivity contribution in [3.8, 4) is 17.2 Å². The molecule has 1 amide bonds. The number of rotatable bonds is 5.